The summed E-state index contributed by atoms with van der Waals surface area (Å²) < 4.78 is 27.9. The third kappa shape index (κ3) is 4.91. The van der Waals surface area contributed by atoms with Crippen molar-refractivity contribution in [2.45, 2.75) is 43.4 Å². The Balaban J connectivity index is 0.00000324. The monoisotopic (exact) mass is 490 g/mol. The summed E-state index contributed by atoms with van der Waals surface area (Å²) in [5, 5.41) is 11.2. The van der Waals surface area contributed by atoms with Gasteiger partial charge in [0.1, 0.15) is 16.3 Å². The number of hydrogen-bond acceptors (Lipinski definition) is 8. The fourth-order valence-electron chi connectivity index (χ4n) is 3.17. The minimum Gasteiger partial charge on any atom is -0.495 e. The molecule has 0 unspecified atom stereocenters. The second-order valence-corrected chi connectivity index (χ2v) is 11.5. The van der Waals surface area contributed by atoms with E-state index in [0.29, 0.717) is 17.0 Å². The summed E-state index contributed by atoms with van der Waals surface area (Å²) in [6, 6.07) is 6.59. The van der Waals surface area contributed by atoms with E-state index in [2.05, 4.69) is 15.3 Å². The van der Waals surface area contributed by atoms with Crippen molar-refractivity contribution in [3.63, 3.8) is 0 Å². The number of ether oxygens (including phenoxy) is 1. The van der Waals surface area contributed by atoms with Gasteiger partial charge in [0, 0.05) is 21.3 Å². The molecule has 0 aromatic carbocycles. The number of rotatable bonds is 7. The first-order valence-corrected chi connectivity index (χ1v) is 12.0. The lowest BCUT2D eigenvalue weighted by Gasteiger charge is -2.44. The Labute approximate surface area is 202 Å². The van der Waals surface area contributed by atoms with Crippen molar-refractivity contribution in [3.05, 3.63) is 66.0 Å². The number of nitrogens with zero attached hydrogens (tertiary/aromatic N) is 3. The molecule has 3 aromatic heterocycles. The maximum absolute atomic E-state index is 12.5. The second-order valence-electron chi connectivity index (χ2n) is 8.70. The van der Waals surface area contributed by atoms with Gasteiger partial charge in [-0.2, -0.15) is 10.6 Å². The fourth-order valence-corrected chi connectivity index (χ4v) is 4.51. The zero-order valence-electron chi connectivity index (χ0n) is 19.7. The highest BCUT2D eigenvalue weighted by molar-refractivity contribution is 8.25. The van der Waals surface area contributed by atoms with Gasteiger partial charge in [-0.25, -0.2) is 4.98 Å². The van der Waals surface area contributed by atoms with Gasteiger partial charge >= 0.3 is 0 Å². The predicted molar refractivity (Wildman–Crippen MR) is 137 cm³/mol. The lowest BCUT2D eigenvalue weighted by molar-refractivity contribution is -0.118. The third-order valence-corrected chi connectivity index (χ3v) is 7.90. The van der Waals surface area contributed by atoms with Gasteiger partial charge in [-0.15, -0.1) is 0 Å². The van der Waals surface area contributed by atoms with Crippen LogP contribution >= 0.6 is 10.6 Å². The normalized spacial score (nSPS) is 14.0. The van der Waals surface area contributed by atoms with Gasteiger partial charge in [0.05, 0.1) is 46.9 Å². The van der Waals surface area contributed by atoms with E-state index < -0.39 is 21.2 Å². The number of imidazole rings is 1. The first-order valence-electron chi connectivity index (χ1n) is 10.5. The molecule has 34 heavy (non-hydrogen) atoms. The number of pyridine rings is 2. The highest BCUT2D eigenvalue weighted by Gasteiger charge is 2.34. The van der Waals surface area contributed by atoms with Crippen molar-refractivity contribution in [2.75, 3.05) is 7.11 Å². The first-order chi connectivity index (χ1) is 15.9. The Morgan fingerprint density at radius 2 is 2.06 bits per heavy atom. The van der Waals surface area contributed by atoms with Crippen LogP contribution in [0, 0.1) is 5.41 Å². The number of carbonyl (C=O) groups excluding carboxylic acids is 1. The van der Waals surface area contributed by atoms with Gasteiger partial charge < -0.3 is 15.8 Å². The number of aromatic nitrogens is 3. The summed E-state index contributed by atoms with van der Waals surface area (Å²) in [7, 11) is -1.82. The van der Waals surface area contributed by atoms with Crippen molar-refractivity contribution < 1.29 is 21.5 Å². The Morgan fingerprint density at radius 3 is 2.65 bits per heavy atom. The highest BCUT2D eigenvalue weighted by Crippen LogP contribution is 2.61. The van der Waals surface area contributed by atoms with Crippen LogP contribution in [0.4, 0.5) is 0 Å². The molecule has 3 heterocycles. The maximum Gasteiger partial charge on any atom is 0.267 e. The summed E-state index contributed by atoms with van der Waals surface area (Å²) in [6.45, 7) is 6.94. The molecule has 11 heteroatoms. The molecule has 0 fully saturated rings. The van der Waals surface area contributed by atoms with E-state index in [4.69, 9.17) is 15.9 Å². The largest absolute Gasteiger partial charge is 0.495 e. The summed E-state index contributed by atoms with van der Waals surface area (Å²) in [6.07, 6.45) is 5.81. The third-order valence-electron chi connectivity index (χ3n) is 5.27. The molecule has 1 amide bonds. The van der Waals surface area contributed by atoms with Gasteiger partial charge in [0.25, 0.3) is 5.91 Å². The molecule has 10 nitrogen and oxygen atoms in total. The Morgan fingerprint density at radius 1 is 1.35 bits per heavy atom. The number of allylic oxidation sites excluding steroid dienone is 1. The molecular formula is C23H34N6O4S. The molecule has 0 bridgehead atoms. The molecule has 0 aliphatic carbocycles. The summed E-state index contributed by atoms with van der Waals surface area (Å²) in [4.78, 5) is 21.2. The topological polar surface area (TPSA) is 159 Å². The van der Waals surface area contributed by atoms with E-state index in [1.807, 2.05) is 6.07 Å². The van der Waals surface area contributed by atoms with E-state index in [1.165, 1.54) is 30.0 Å². The van der Waals surface area contributed by atoms with Crippen LogP contribution in [0.1, 0.15) is 48.0 Å². The number of nitrogens with one attached hydrogen (secondary N) is 2. The van der Waals surface area contributed by atoms with E-state index in [9.17, 15) is 13.9 Å². The Hall–Kier alpha value is -3.41. The van der Waals surface area contributed by atoms with Crippen molar-refractivity contribution in [2.24, 2.45) is 5.73 Å². The van der Waals surface area contributed by atoms with Crippen LogP contribution in [0.5, 0.6) is 5.75 Å². The van der Waals surface area contributed by atoms with Crippen molar-refractivity contribution in [3.8, 4) is 5.75 Å². The van der Waals surface area contributed by atoms with Gasteiger partial charge in [0.15, 0.2) is 0 Å². The van der Waals surface area contributed by atoms with Crippen LogP contribution in [-0.4, -0.2) is 46.9 Å². The molecule has 3 rings (SSSR count). The zero-order valence-corrected chi connectivity index (χ0v) is 20.6. The molecule has 186 valence electrons. The molecule has 0 radical (unpaired) electrons. The smallest absolute Gasteiger partial charge is 0.267 e. The van der Waals surface area contributed by atoms with E-state index in [1.54, 1.807) is 52.1 Å². The van der Waals surface area contributed by atoms with Crippen LogP contribution in [-0.2, 0) is 4.79 Å². The molecule has 1 atom stereocenters. The lowest BCUT2D eigenvalue weighted by atomic mass is 10.2. The molecule has 3 aromatic rings. The predicted octanol–water partition coefficient (Wildman–Crippen LogP) is 4.23. The molecule has 0 aliphatic heterocycles. The van der Waals surface area contributed by atoms with Crippen LogP contribution in [0.2, 0.25) is 0 Å². The van der Waals surface area contributed by atoms with E-state index in [0.717, 1.165) is 0 Å². The Kier molecular flexibility index (Phi) is 7.01. The number of methoxy groups -OCH3 is 1. The molecule has 0 saturated carbocycles. The lowest BCUT2D eigenvalue weighted by Crippen LogP contribution is -2.31. The SMILES string of the molecule is COc1cc2ncc(C(=N)/C=C(\N)C(=O)N[C@H](C)c3ccccn3)n2cc1S(O)(O)C(C)(C)C.[HH].[HH]. The molecule has 0 aliphatic rings. The summed E-state index contributed by atoms with van der Waals surface area (Å²) >= 11 is 0. The minimum absolute atomic E-state index is 0. The number of hydrogen-bond donors (Lipinski definition) is 5. The number of carbonyl (C=O) groups is 1. The van der Waals surface area contributed by atoms with Crippen molar-refractivity contribution in [1.29, 1.82) is 5.41 Å². The maximum atomic E-state index is 12.5. The quantitative estimate of drug-likeness (QED) is 0.245. The van der Waals surface area contributed by atoms with Crippen molar-refractivity contribution >= 4 is 27.9 Å². The molecular weight excluding hydrogens is 456 g/mol. The van der Waals surface area contributed by atoms with Crippen LogP contribution in [0.15, 0.2) is 59.5 Å². The first kappa shape index (κ1) is 25.2. The van der Waals surface area contributed by atoms with Crippen LogP contribution < -0.4 is 15.8 Å². The number of nitrogens with two attached hydrogens (primary N) is 1. The second kappa shape index (κ2) is 9.45. The summed E-state index contributed by atoms with van der Waals surface area (Å²) in [5.41, 5.74) is 7.16. The van der Waals surface area contributed by atoms with Crippen LogP contribution in [0.25, 0.3) is 5.65 Å². The molecule has 0 saturated heterocycles. The number of amides is 1. The molecule has 0 spiro atoms. The standard InChI is InChI=1S/C23H30N6O4S.2H2/c1-14(17-8-6-7-9-26-17)28-22(30)16(25)10-15(24)18-12-27-21-11-19(33-5)20(13-29(18)21)34(31,32)23(2,3)4;;/h6-14,24,31-32H,25H2,1-5H3,(H,28,30);2*1H/b16-10-,24-15?;;/t14-;;/m1../s1. The van der Waals surface area contributed by atoms with Crippen molar-refractivity contribution in [1.82, 2.24) is 19.7 Å². The zero-order chi connectivity index (χ0) is 25.3. The highest BCUT2D eigenvalue weighted by atomic mass is 32.3. The number of fused-ring (bicyclic) bond motifs is 1. The van der Waals surface area contributed by atoms with Gasteiger partial charge in [0.2, 0.25) is 0 Å². The van der Waals surface area contributed by atoms with Crippen LogP contribution in [0.3, 0.4) is 0 Å². The molecule has 6 N–H and O–H groups in total. The Bertz CT molecular complexity index is 1260. The van der Waals surface area contributed by atoms with Gasteiger partial charge in [-0.3, -0.25) is 28.7 Å². The van der Waals surface area contributed by atoms with Gasteiger partial charge in [-0.05, 0) is 45.9 Å². The average molecular weight is 491 g/mol. The fraction of sp³-hybridized carbons (Fsp3) is 0.304. The van der Waals surface area contributed by atoms with E-state index >= 15 is 0 Å². The summed E-state index contributed by atoms with van der Waals surface area (Å²) in [5.74, 6) is -0.259. The van der Waals surface area contributed by atoms with Gasteiger partial charge in [-0.1, -0.05) is 6.07 Å². The van der Waals surface area contributed by atoms with E-state index in [-0.39, 0.29) is 30.9 Å². The average Bonchev–Trinajstić information content (AvgIpc) is 3.20. The minimum atomic E-state index is -3.26.